The number of hydrogen-bond acceptors (Lipinski definition) is 4. The molecule has 118 valence electrons. The molecule has 0 bridgehead atoms. The number of likely N-dealkylation sites (N-methyl/N-ethyl adjacent to an activating group) is 1. The average Bonchev–Trinajstić information content (AvgIpc) is 3.00. The number of nitrogens with zero attached hydrogens (tertiary/aromatic N) is 5. The van der Waals surface area contributed by atoms with Crippen molar-refractivity contribution in [3.8, 4) is 11.3 Å². The highest BCUT2D eigenvalue weighted by Crippen LogP contribution is 2.25. The molecule has 0 spiro atoms. The molecule has 0 aliphatic carbocycles. The number of fused-ring (bicyclic) bond motifs is 1. The number of aromatic nitrogens is 3. The first-order valence-corrected chi connectivity index (χ1v) is 8.05. The normalized spacial score (nSPS) is 16.2. The van der Waals surface area contributed by atoms with Crippen molar-refractivity contribution in [1.29, 1.82) is 0 Å². The van der Waals surface area contributed by atoms with Crippen LogP contribution in [0.1, 0.15) is 5.56 Å². The second-order valence-electron chi connectivity index (χ2n) is 6.24. The Labute approximate surface area is 136 Å². The first kappa shape index (κ1) is 14.2. The van der Waals surface area contributed by atoms with E-state index in [9.17, 15) is 0 Å². The molecule has 3 heterocycles. The third kappa shape index (κ3) is 2.57. The van der Waals surface area contributed by atoms with Crippen molar-refractivity contribution in [2.24, 2.45) is 0 Å². The van der Waals surface area contributed by atoms with Gasteiger partial charge in [-0.05, 0) is 14.0 Å². The third-order valence-corrected chi connectivity index (χ3v) is 4.56. The zero-order valence-corrected chi connectivity index (χ0v) is 13.6. The SMILES string of the molecule is Cc1ccc(-c2cnc3c(N4CCN(C)CC4)nccn23)cc1. The molecule has 1 fully saturated rings. The topological polar surface area (TPSA) is 36.7 Å². The summed E-state index contributed by atoms with van der Waals surface area (Å²) >= 11 is 0. The van der Waals surface area contributed by atoms with Gasteiger partial charge in [0, 0.05) is 44.1 Å². The highest BCUT2D eigenvalue weighted by molar-refractivity contribution is 5.71. The fraction of sp³-hybridized carbons (Fsp3) is 0.333. The summed E-state index contributed by atoms with van der Waals surface area (Å²) in [6.07, 6.45) is 5.82. The molecule has 0 saturated carbocycles. The van der Waals surface area contributed by atoms with Crippen molar-refractivity contribution in [3.63, 3.8) is 0 Å². The molecule has 5 heteroatoms. The molecule has 4 rings (SSSR count). The molecule has 0 atom stereocenters. The number of piperazine rings is 1. The van der Waals surface area contributed by atoms with E-state index in [1.54, 1.807) is 0 Å². The molecule has 1 saturated heterocycles. The van der Waals surface area contributed by atoms with Crippen LogP contribution in [0.25, 0.3) is 16.9 Å². The zero-order chi connectivity index (χ0) is 15.8. The van der Waals surface area contributed by atoms with Crippen molar-refractivity contribution in [3.05, 3.63) is 48.4 Å². The fourth-order valence-corrected chi connectivity index (χ4v) is 3.08. The predicted molar refractivity (Wildman–Crippen MR) is 92.9 cm³/mol. The second-order valence-corrected chi connectivity index (χ2v) is 6.24. The van der Waals surface area contributed by atoms with Crippen molar-refractivity contribution >= 4 is 11.5 Å². The molecule has 5 nitrogen and oxygen atoms in total. The van der Waals surface area contributed by atoms with E-state index in [1.807, 2.05) is 18.6 Å². The molecule has 0 N–H and O–H groups in total. The summed E-state index contributed by atoms with van der Waals surface area (Å²) in [5, 5.41) is 0. The lowest BCUT2D eigenvalue weighted by atomic mass is 10.1. The summed E-state index contributed by atoms with van der Waals surface area (Å²) in [7, 11) is 2.16. The van der Waals surface area contributed by atoms with Gasteiger partial charge in [-0.1, -0.05) is 29.8 Å². The van der Waals surface area contributed by atoms with Crippen LogP contribution in [0.4, 0.5) is 5.82 Å². The van der Waals surface area contributed by atoms with Crippen LogP contribution < -0.4 is 4.90 Å². The quantitative estimate of drug-likeness (QED) is 0.729. The van der Waals surface area contributed by atoms with E-state index in [4.69, 9.17) is 0 Å². The van der Waals surface area contributed by atoms with Gasteiger partial charge in [-0.2, -0.15) is 0 Å². The fourth-order valence-electron chi connectivity index (χ4n) is 3.08. The van der Waals surface area contributed by atoms with Crippen molar-refractivity contribution < 1.29 is 0 Å². The van der Waals surface area contributed by atoms with Gasteiger partial charge in [0.25, 0.3) is 0 Å². The van der Waals surface area contributed by atoms with Crippen molar-refractivity contribution in [2.75, 3.05) is 38.1 Å². The molecule has 2 aromatic heterocycles. The third-order valence-electron chi connectivity index (χ3n) is 4.56. The molecule has 0 amide bonds. The summed E-state index contributed by atoms with van der Waals surface area (Å²) in [6, 6.07) is 8.57. The minimum Gasteiger partial charge on any atom is -0.351 e. The summed E-state index contributed by atoms with van der Waals surface area (Å²) in [6.45, 7) is 6.22. The predicted octanol–water partition coefficient (Wildman–Crippen LogP) is 2.46. The number of rotatable bonds is 2. The van der Waals surface area contributed by atoms with Crippen molar-refractivity contribution in [2.45, 2.75) is 6.92 Å². The number of anilines is 1. The van der Waals surface area contributed by atoms with E-state index in [0.717, 1.165) is 43.3 Å². The Hall–Kier alpha value is -2.40. The van der Waals surface area contributed by atoms with Crippen LogP contribution in [0.15, 0.2) is 42.9 Å². The standard InChI is InChI=1S/C18H21N5/c1-14-3-5-15(6-4-14)16-13-20-18-17(19-7-8-23(16)18)22-11-9-21(2)10-12-22/h3-8,13H,9-12H2,1-2H3. The van der Waals surface area contributed by atoms with Crippen LogP contribution in [0.2, 0.25) is 0 Å². The number of aryl methyl sites for hydroxylation is 1. The van der Waals surface area contributed by atoms with E-state index >= 15 is 0 Å². The van der Waals surface area contributed by atoms with Gasteiger partial charge in [-0.15, -0.1) is 0 Å². The Morgan fingerprint density at radius 1 is 0.957 bits per heavy atom. The molecule has 1 aliphatic heterocycles. The summed E-state index contributed by atoms with van der Waals surface area (Å²) in [5.74, 6) is 0.985. The van der Waals surface area contributed by atoms with Gasteiger partial charge in [-0.25, -0.2) is 9.97 Å². The lowest BCUT2D eigenvalue weighted by Crippen LogP contribution is -2.45. The lowest BCUT2D eigenvalue weighted by Gasteiger charge is -2.33. The first-order valence-electron chi connectivity index (χ1n) is 8.05. The van der Waals surface area contributed by atoms with Crippen LogP contribution in [0, 0.1) is 6.92 Å². The molecular formula is C18H21N5. The van der Waals surface area contributed by atoms with E-state index in [1.165, 1.54) is 11.1 Å². The maximum absolute atomic E-state index is 4.66. The van der Waals surface area contributed by atoms with Gasteiger partial charge >= 0.3 is 0 Å². The minimum atomic E-state index is 0.938. The Morgan fingerprint density at radius 2 is 1.70 bits per heavy atom. The smallest absolute Gasteiger partial charge is 0.180 e. The Morgan fingerprint density at radius 3 is 2.43 bits per heavy atom. The van der Waals surface area contributed by atoms with Gasteiger partial charge in [-0.3, -0.25) is 4.40 Å². The van der Waals surface area contributed by atoms with E-state index in [-0.39, 0.29) is 0 Å². The Kier molecular flexibility index (Phi) is 3.50. The summed E-state index contributed by atoms with van der Waals surface area (Å²) in [5.41, 5.74) is 4.49. The monoisotopic (exact) mass is 307 g/mol. The number of imidazole rings is 1. The maximum Gasteiger partial charge on any atom is 0.180 e. The van der Waals surface area contributed by atoms with Gasteiger partial charge in [0.05, 0.1) is 11.9 Å². The molecule has 23 heavy (non-hydrogen) atoms. The highest BCUT2D eigenvalue weighted by atomic mass is 15.3. The lowest BCUT2D eigenvalue weighted by molar-refractivity contribution is 0.312. The van der Waals surface area contributed by atoms with Crippen LogP contribution in [0.3, 0.4) is 0 Å². The molecule has 0 radical (unpaired) electrons. The van der Waals surface area contributed by atoms with E-state index in [0.29, 0.717) is 0 Å². The number of hydrogen-bond donors (Lipinski definition) is 0. The second kappa shape index (κ2) is 5.66. The first-order chi connectivity index (χ1) is 11.2. The highest BCUT2D eigenvalue weighted by Gasteiger charge is 2.19. The van der Waals surface area contributed by atoms with Gasteiger partial charge in [0.2, 0.25) is 0 Å². The molecule has 1 aromatic carbocycles. The molecule has 1 aliphatic rings. The Bertz CT molecular complexity index is 813. The molecule has 0 unspecified atom stereocenters. The zero-order valence-electron chi connectivity index (χ0n) is 13.6. The maximum atomic E-state index is 4.66. The Balaban J connectivity index is 1.76. The van der Waals surface area contributed by atoms with Crippen LogP contribution >= 0.6 is 0 Å². The van der Waals surface area contributed by atoms with Gasteiger partial charge in [0.1, 0.15) is 0 Å². The van der Waals surface area contributed by atoms with E-state index < -0.39 is 0 Å². The van der Waals surface area contributed by atoms with Crippen molar-refractivity contribution in [1.82, 2.24) is 19.3 Å². The average molecular weight is 307 g/mol. The summed E-state index contributed by atoms with van der Waals surface area (Å²) in [4.78, 5) is 13.9. The number of benzene rings is 1. The molecule has 3 aromatic rings. The van der Waals surface area contributed by atoms with Gasteiger partial charge < -0.3 is 9.80 Å². The largest absolute Gasteiger partial charge is 0.351 e. The molecular weight excluding hydrogens is 286 g/mol. The minimum absolute atomic E-state index is 0.938. The summed E-state index contributed by atoms with van der Waals surface area (Å²) < 4.78 is 2.14. The van der Waals surface area contributed by atoms with Crippen LogP contribution in [0.5, 0.6) is 0 Å². The van der Waals surface area contributed by atoms with Crippen LogP contribution in [-0.2, 0) is 0 Å². The van der Waals surface area contributed by atoms with E-state index in [2.05, 4.69) is 62.4 Å². The van der Waals surface area contributed by atoms with Crippen LogP contribution in [-0.4, -0.2) is 52.5 Å². The van der Waals surface area contributed by atoms with Gasteiger partial charge in [0.15, 0.2) is 11.5 Å².